The van der Waals surface area contributed by atoms with E-state index < -0.39 is 40.0 Å². The largest absolute Gasteiger partial charge is 0.573 e. The van der Waals surface area contributed by atoms with Gasteiger partial charge in [0.05, 0.1) is 33.4 Å². The number of hydrogen-bond acceptors (Lipinski definition) is 12. The van der Waals surface area contributed by atoms with Crippen molar-refractivity contribution in [3.8, 4) is 16.3 Å². The summed E-state index contributed by atoms with van der Waals surface area (Å²) in [5.74, 6) is -0.624. The molecule has 4 aromatic rings. The van der Waals surface area contributed by atoms with Gasteiger partial charge in [-0.2, -0.15) is 4.98 Å². The molecular weight excluding hydrogens is 645 g/mol. The number of thiazole rings is 1. The first-order valence-electron chi connectivity index (χ1n) is 14.7. The van der Waals surface area contributed by atoms with Crippen molar-refractivity contribution in [2.45, 2.75) is 69.7 Å². The Kier molecular flexibility index (Phi) is 8.36. The van der Waals surface area contributed by atoms with Gasteiger partial charge in [0.2, 0.25) is 5.95 Å². The average Bonchev–Trinajstić information content (AvgIpc) is 3.65. The second-order valence-electron chi connectivity index (χ2n) is 12.1. The molecule has 2 aliphatic rings. The van der Waals surface area contributed by atoms with Gasteiger partial charge in [0.1, 0.15) is 38.0 Å². The number of fused-ring (bicyclic) bond motifs is 1. The molecule has 2 fully saturated rings. The van der Waals surface area contributed by atoms with Crippen molar-refractivity contribution < 1.29 is 36.5 Å². The van der Waals surface area contributed by atoms with Crippen molar-refractivity contribution in [3.05, 3.63) is 53.5 Å². The van der Waals surface area contributed by atoms with Crippen molar-refractivity contribution in [2.24, 2.45) is 5.92 Å². The fraction of sp³-hybridized carbons (Fsp3) is 0.467. The van der Waals surface area contributed by atoms with Crippen LogP contribution < -0.4 is 15.4 Å². The number of sulfone groups is 1. The first-order valence-corrected chi connectivity index (χ1v) is 17.6. The molecule has 0 bridgehead atoms. The maximum atomic E-state index is 12.6. The minimum absolute atomic E-state index is 0.0674. The molecule has 2 saturated carbocycles. The van der Waals surface area contributed by atoms with Gasteiger partial charge < -0.3 is 25.6 Å². The number of nitrogens with zero attached hydrogens (tertiary/aromatic N) is 4. The topological polar surface area (TPSA) is 159 Å². The molecule has 4 N–H and O–H groups in total. The molecule has 3 aromatic heterocycles. The predicted octanol–water partition coefficient (Wildman–Crippen LogP) is 5.32. The number of benzene rings is 1. The smallest absolute Gasteiger partial charge is 0.406 e. The molecule has 46 heavy (non-hydrogen) atoms. The molecule has 4 atom stereocenters. The molecule has 4 unspecified atom stereocenters. The minimum Gasteiger partial charge on any atom is -0.406 e. The average molecular weight is 679 g/mol. The van der Waals surface area contributed by atoms with Gasteiger partial charge in [0.25, 0.3) is 0 Å². The maximum Gasteiger partial charge on any atom is 0.573 e. The number of hydrogen-bond donors (Lipinski definition) is 4. The second-order valence-corrected chi connectivity index (χ2v) is 15.3. The van der Waals surface area contributed by atoms with Crippen LogP contribution >= 0.6 is 11.3 Å². The van der Waals surface area contributed by atoms with E-state index in [2.05, 4.69) is 30.3 Å². The zero-order valence-electron chi connectivity index (χ0n) is 25.2. The fourth-order valence-corrected chi connectivity index (χ4v) is 8.06. The number of halogens is 3. The van der Waals surface area contributed by atoms with Gasteiger partial charge >= 0.3 is 6.36 Å². The number of alkyl halides is 3. The summed E-state index contributed by atoms with van der Waals surface area (Å²) in [7, 11) is -3.41. The lowest BCUT2D eigenvalue weighted by Gasteiger charge is -2.31. The summed E-state index contributed by atoms with van der Waals surface area (Å²) in [6, 6.07) is 6.84. The molecule has 0 radical (unpaired) electrons. The molecule has 246 valence electrons. The first kappa shape index (κ1) is 32.3. The number of pyridine rings is 1. The van der Waals surface area contributed by atoms with Gasteiger partial charge in [-0.15, -0.1) is 24.5 Å². The Bertz CT molecular complexity index is 1870. The Morgan fingerprint density at radius 2 is 1.85 bits per heavy atom. The summed E-state index contributed by atoms with van der Waals surface area (Å²) in [4.78, 5) is 18.8. The summed E-state index contributed by atoms with van der Waals surface area (Å²) >= 11 is 1.42. The van der Waals surface area contributed by atoms with Crippen LogP contribution in [0.2, 0.25) is 0 Å². The van der Waals surface area contributed by atoms with Crippen LogP contribution in [-0.4, -0.2) is 68.8 Å². The second kappa shape index (κ2) is 11.9. The summed E-state index contributed by atoms with van der Waals surface area (Å²) in [5.41, 5.74) is 1.47. The molecule has 0 amide bonds. The molecule has 11 nitrogen and oxygen atoms in total. The number of aryl methyl sites for hydroxylation is 1. The first-order chi connectivity index (χ1) is 21.6. The number of nitrogens with one attached hydrogen (secondary N) is 2. The highest BCUT2D eigenvalue weighted by Crippen LogP contribution is 2.45. The number of aliphatic hydroxyl groups is 2. The van der Waals surface area contributed by atoms with Crippen LogP contribution in [0.25, 0.3) is 20.8 Å². The fourth-order valence-electron chi connectivity index (χ4n) is 5.86. The number of anilines is 2. The van der Waals surface area contributed by atoms with Gasteiger partial charge in [-0.3, -0.25) is 4.98 Å². The van der Waals surface area contributed by atoms with E-state index in [0.29, 0.717) is 27.7 Å². The highest BCUT2D eigenvalue weighted by molar-refractivity contribution is 7.90. The third-order valence-electron chi connectivity index (χ3n) is 8.25. The van der Waals surface area contributed by atoms with Gasteiger partial charge in [0, 0.05) is 24.3 Å². The van der Waals surface area contributed by atoms with Crippen LogP contribution in [-0.2, 0) is 9.84 Å². The van der Waals surface area contributed by atoms with Crippen molar-refractivity contribution in [3.63, 3.8) is 0 Å². The Hall–Kier alpha value is -3.60. The molecule has 3 heterocycles. The summed E-state index contributed by atoms with van der Waals surface area (Å²) in [5, 5.41) is 29.5. The normalized spacial score (nSPS) is 22.6. The highest BCUT2D eigenvalue weighted by atomic mass is 32.2. The van der Waals surface area contributed by atoms with Crippen molar-refractivity contribution in [2.75, 3.05) is 22.6 Å². The van der Waals surface area contributed by atoms with Gasteiger partial charge in [-0.05, 0) is 63.3 Å². The summed E-state index contributed by atoms with van der Waals surface area (Å²) in [6.45, 7) is 3.54. The summed E-state index contributed by atoms with van der Waals surface area (Å²) in [6.07, 6.45) is -0.931. The Labute approximate surface area is 267 Å². The lowest BCUT2D eigenvalue weighted by Crippen LogP contribution is -2.48. The quantitative estimate of drug-likeness (QED) is 0.161. The third-order valence-corrected chi connectivity index (χ3v) is 10.3. The molecular formula is C30H33F3N6O5S2. The minimum atomic E-state index is -4.80. The number of ether oxygens (including phenoxy) is 1. The van der Waals surface area contributed by atoms with Crippen molar-refractivity contribution >= 4 is 43.2 Å². The number of aromatic nitrogens is 4. The highest BCUT2D eigenvalue weighted by Gasteiger charge is 2.48. The monoisotopic (exact) mass is 678 g/mol. The molecule has 0 aliphatic heterocycles. The molecule has 0 saturated heterocycles. The molecule has 16 heteroatoms. The number of aliphatic hydroxyl groups excluding tert-OH is 1. The third kappa shape index (κ3) is 7.04. The van der Waals surface area contributed by atoms with E-state index in [4.69, 9.17) is 4.98 Å². The molecule has 2 aliphatic carbocycles. The van der Waals surface area contributed by atoms with Gasteiger partial charge in [0.15, 0.2) is 5.72 Å². The van der Waals surface area contributed by atoms with Crippen LogP contribution in [0.15, 0.2) is 36.5 Å². The Morgan fingerprint density at radius 3 is 2.50 bits per heavy atom. The van der Waals surface area contributed by atoms with E-state index in [-0.39, 0.29) is 36.1 Å². The van der Waals surface area contributed by atoms with Crippen molar-refractivity contribution in [1.29, 1.82) is 0 Å². The van der Waals surface area contributed by atoms with Crippen LogP contribution in [0.1, 0.15) is 61.5 Å². The van der Waals surface area contributed by atoms with Gasteiger partial charge in [-0.1, -0.05) is 12.1 Å². The van der Waals surface area contributed by atoms with E-state index in [9.17, 15) is 31.8 Å². The predicted molar refractivity (Wildman–Crippen MR) is 167 cm³/mol. The Balaban J connectivity index is 1.35. The number of rotatable bonds is 10. The van der Waals surface area contributed by atoms with Crippen LogP contribution in [0.3, 0.4) is 0 Å². The van der Waals surface area contributed by atoms with E-state index in [0.717, 1.165) is 35.0 Å². The Morgan fingerprint density at radius 1 is 1.13 bits per heavy atom. The molecule has 0 spiro atoms. The summed E-state index contributed by atoms with van der Waals surface area (Å²) < 4.78 is 66.7. The standard InChI is InChI=1S/C30H33F3N6O5S2/c1-15(17-6-8-20(9-7-17)44-30(31,32)33)35-28-36-16(2)22(27-37-24-21(45-27)11-13-34-23(24)18-4-5-18)26(38-28)39-29(41)12-10-19(25(29)40)14-46(3,42)43/h6-9,11,13,15,18-19,25,40-41H,4-5,10,12,14H2,1-3H3,(H2,35,36,38,39). The van der Waals surface area contributed by atoms with Gasteiger partial charge in [-0.25, -0.2) is 18.4 Å². The lowest BCUT2D eigenvalue weighted by molar-refractivity contribution is -0.274. The molecule has 1 aromatic carbocycles. The van der Waals surface area contributed by atoms with E-state index in [1.165, 1.54) is 35.6 Å². The van der Waals surface area contributed by atoms with E-state index in [1.54, 1.807) is 20.0 Å². The maximum absolute atomic E-state index is 12.6. The SMILES string of the molecule is Cc1nc(NC(C)c2ccc(OC(F)(F)F)cc2)nc(NC2(O)CCC(CS(C)(=O)=O)C2O)c1-c1nc2c(C3CC3)nccc2s1. The lowest BCUT2D eigenvalue weighted by atomic mass is 10.0. The van der Waals surface area contributed by atoms with Crippen molar-refractivity contribution in [1.82, 2.24) is 19.9 Å². The zero-order chi connectivity index (χ0) is 33.0. The zero-order valence-corrected chi connectivity index (χ0v) is 26.8. The molecule has 6 rings (SSSR count). The van der Waals surface area contributed by atoms with Crippen LogP contribution in [0, 0.1) is 12.8 Å². The van der Waals surface area contributed by atoms with Crippen LogP contribution in [0.5, 0.6) is 5.75 Å². The van der Waals surface area contributed by atoms with Crippen LogP contribution in [0.4, 0.5) is 24.9 Å². The van der Waals surface area contributed by atoms with E-state index >= 15 is 0 Å². The van der Waals surface area contributed by atoms with E-state index in [1.807, 2.05) is 6.07 Å².